The second-order valence-electron chi connectivity index (χ2n) is 6.67. The van der Waals surface area contributed by atoms with E-state index in [0.29, 0.717) is 12.2 Å². The molecule has 27 heavy (non-hydrogen) atoms. The summed E-state index contributed by atoms with van der Waals surface area (Å²) in [5, 5.41) is 8.02. The van der Waals surface area contributed by atoms with Crippen molar-refractivity contribution in [3.63, 3.8) is 0 Å². The number of carbonyl (C=O) groups excluding carboxylic acids is 2. The normalized spacial score (nSPS) is 16.3. The van der Waals surface area contributed by atoms with Crippen molar-refractivity contribution in [2.24, 2.45) is 5.92 Å². The molecule has 3 rings (SSSR count). The van der Waals surface area contributed by atoms with Gasteiger partial charge in [0.05, 0.1) is 29.5 Å². The molecule has 1 saturated heterocycles. The molecule has 0 radical (unpaired) electrons. The van der Waals surface area contributed by atoms with Crippen LogP contribution in [-0.4, -0.2) is 41.3 Å². The number of amides is 2. The average molecular weight is 391 g/mol. The number of nitrogens with zero attached hydrogens (tertiary/aromatic N) is 4. The third-order valence-corrected chi connectivity index (χ3v) is 5.90. The highest BCUT2D eigenvalue weighted by molar-refractivity contribution is 7.89. The van der Waals surface area contributed by atoms with E-state index in [1.165, 1.54) is 41.5 Å². The fourth-order valence-corrected chi connectivity index (χ4v) is 4.18. The summed E-state index contributed by atoms with van der Waals surface area (Å²) >= 11 is 0. The van der Waals surface area contributed by atoms with Gasteiger partial charge in [-0.1, -0.05) is 13.8 Å². The van der Waals surface area contributed by atoms with Crippen molar-refractivity contribution in [3.05, 3.63) is 36.7 Å². The van der Waals surface area contributed by atoms with Crippen molar-refractivity contribution >= 4 is 27.5 Å². The average Bonchev–Trinajstić information content (AvgIpc) is 3.24. The second-order valence-corrected chi connectivity index (χ2v) is 8.39. The lowest BCUT2D eigenvalue weighted by Crippen LogP contribution is -2.41. The smallest absolute Gasteiger partial charge is 0.240 e. The summed E-state index contributed by atoms with van der Waals surface area (Å²) in [6, 6.07) is 5.31. The Bertz CT molecular complexity index is 907. The molecule has 1 unspecified atom stereocenters. The Morgan fingerprint density at radius 2 is 1.59 bits per heavy atom. The topological polar surface area (TPSA) is 114 Å². The van der Waals surface area contributed by atoms with Crippen molar-refractivity contribution in [2.75, 3.05) is 4.90 Å². The predicted octanol–water partition coefficient (Wildman–Crippen LogP) is 0.935. The maximum Gasteiger partial charge on any atom is 0.240 e. The van der Waals surface area contributed by atoms with Gasteiger partial charge in [-0.2, -0.15) is 15.0 Å². The van der Waals surface area contributed by atoms with Crippen LogP contribution in [0.5, 0.6) is 0 Å². The zero-order chi connectivity index (χ0) is 19.6. The lowest BCUT2D eigenvalue weighted by molar-refractivity contribution is -0.121. The molecule has 10 heteroatoms. The molecule has 2 aromatic rings. The first-order valence-corrected chi connectivity index (χ1v) is 10.1. The Morgan fingerprint density at radius 1 is 1.04 bits per heavy atom. The van der Waals surface area contributed by atoms with E-state index in [4.69, 9.17) is 0 Å². The maximum atomic E-state index is 12.7. The summed E-state index contributed by atoms with van der Waals surface area (Å²) in [5.41, 5.74) is 0.377. The number of imide groups is 1. The van der Waals surface area contributed by atoms with Gasteiger partial charge in [-0.05, 0) is 30.2 Å². The quantitative estimate of drug-likeness (QED) is 0.703. The Morgan fingerprint density at radius 3 is 2.11 bits per heavy atom. The third kappa shape index (κ3) is 4.22. The highest BCUT2D eigenvalue weighted by atomic mass is 32.2. The number of nitrogens with one attached hydrogen (secondary N) is 1. The van der Waals surface area contributed by atoms with Gasteiger partial charge in [0, 0.05) is 18.9 Å². The van der Waals surface area contributed by atoms with E-state index in [0.717, 1.165) is 4.90 Å². The van der Waals surface area contributed by atoms with Gasteiger partial charge in [-0.15, -0.1) is 0 Å². The van der Waals surface area contributed by atoms with Crippen LogP contribution in [0.3, 0.4) is 0 Å². The second kappa shape index (κ2) is 7.57. The fourth-order valence-electron chi connectivity index (χ4n) is 2.80. The first kappa shape index (κ1) is 19.2. The maximum absolute atomic E-state index is 12.7. The van der Waals surface area contributed by atoms with E-state index < -0.39 is 16.1 Å². The SMILES string of the molecule is CC(C)C(Cn1nccn1)NS(=O)(=O)c1ccc(N2C(=O)CCC2=O)cc1. The largest absolute Gasteiger partial charge is 0.274 e. The molecule has 2 amide bonds. The summed E-state index contributed by atoms with van der Waals surface area (Å²) in [6.07, 6.45) is 3.42. The molecule has 0 spiro atoms. The first-order chi connectivity index (χ1) is 12.8. The minimum absolute atomic E-state index is 0.0184. The van der Waals surface area contributed by atoms with E-state index >= 15 is 0 Å². The third-order valence-electron chi connectivity index (χ3n) is 4.39. The lowest BCUT2D eigenvalue weighted by Gasteiger charge is -2.22. The molecule has 1 fully saturated rings. The summed E-state index contributed by atoms with van der Waals surface area (Å²) in [5.74, 6) is -0.537. The molecule has 1 aliphatic heterocycles. The molecule has 0 bridgehead atoms. The highest BCUT2D eigenvalue weighted by Crippen LogP contribution is 2.24. The molecule has 0 aliphatic carbocycles. The van der Waals surface area contributed by atoms with Crippen molar-refractivity contribution in [3.8, 4) is 0 Å². The lowest BCUT2D eigenvalue weighted by atomic mass is 10.1. The number of aromatic nitrogens is 3. The van der Waals surface area contributed by atoms with Gasteiger partial charge in [0.15, 0.2) is 0 Å². The van der Waals surface area contributed by atoms with Crippen LogP contribution >= 0.6 is 0 Å². The van der Waals surface area contributed by atoms with Gasteiger partial charge < -0.3 is 0 Å². The van der Waals surface area contributed by atoms with Crippen LogP contribution in [0.4, 0.5) is 5.69 Å². The molecular weight excluding hydrogens is 370 g/mol. The Labute approximate surface area is 157 Å². The number of carbonyl (C=O) groups is 2. The van der Waals surface area contributed by atoms with Crippen LogP contribution in [0.15, 0.2) is 41.6 Å². The van der Waals surface area contributed by atoms with Crippen LogP contribution < -0.4 is 9.62 Å². The van der Waals surface area contributed by atoms with E-state index in [1.807, 2.05) is 13.8 Å². The van der Waals surface area contributed by atoms with E-state index in [9.17, 15) is 18.0 Å². The molecule has 1 aromatic carbocycles. The van der Waals surface area contributed by atoms with Gasteiger partial charge in [0.2, 0.25) is 21.8 Å². The number of benzene rings is 1. The van der Waals surface area contributed by atoms with E-state index in [2.05, 4.69) is 14.9 Å². The van der Waals surface area contributed by atoms with E-state index in [-0.39, 0.29) is 35.5 Å². The zero-order valence-corrected chi connectivity index (χ0v) is 15.9. The van der Waals surface area contributed by atoms with Crippen LogP contribution in [0, 0.1) is 5.92 Å². The van der Waals surface area contributed by atoms with Crippen LogP contribution in [0.25, 0.3) is 0 Å². The minimum Gasteiger partial charge on any atom is -0.274 e. The van der Waals surface area contributed by atoms with Gasteiger partial charge in [0.25, 0.3) is 0 Å². The molecule has 1 atom stereocenters. The van der Waals surface area contributed by atoms with Gasteiger partial charge >= 0.3 is 0 Å². The molecule has 0 saturated carbocycles. The molecular formula is C17H21N5O4S. The zero-order valence-electron chi connectivity index (χ0n) is 15.1. The summed E-state index contributed by atoms with van der Waals surface area (Å²) in [6.45, 7) is 4.12. The molecule has 1 aromatic heterocycles. The minimum atomic E-state index is -3.78. The summed E-state index contributed by atoms with van der Waals surface area (Å²) < 4.78 is 28.1. The standard InChI is InChI=1S/C17H21N5O4S/c1-12(2)15(11-21-18-9-10-19-21)20-27(25,26)14-5-3-13(4-6-14)22-16(23)7-8-17(22)24/h3-6,9-10,12,15,20H,7-8,11H2,1-2H3. The Kier molecular flexibility index (Phi) is 5.38. The predicted molar refractivity (Wildman–Crippen MR) is 97.1 cm³/mol. The summed E-state index contributed by atoms with van der Waals surface area (Å²) in [4.78, 5) is 26.2. The van der Waals surface area contributed by atoms with Crippen molar-refractivity contribution < 1.29 is 18.0 Å². The van der Waals surface area contributed by atoms with Crippen LogP contribution in [0.1, 0.15) is 26.7 Å². The van der Waals surface area contributed by atoms with Crippen molar-refractivity contribution in [1.82, 2.24) is 19.7 Å². The summed E-state index contributed by atoms with van der Waals surface area (Å²) in [7, 11) is -3.78. The van der Waals surface area contributed by atoms with Crippen LogP contribution in [0.2, 0.25) is 0 Å². The molecule has 1 N–H and O–H groups in total. The number of anilines is 1. The molecule has 144 valence electrons. The van der Waals surface area contributed by atoms with E-state index in [1.54, 1.807) is 0 Å². The number of hydrogen-bond donors (Lipinski definition) is 1. The number of rotatable bonds is 7. The van der Waals surface area contributed by atoms with Gasteiger partial charge in [-0.25, -0.2) is 13.1 Å². The monoisotopic (exact) mass is 391 g/mol. The molecule has 9 nitrogen and oxygen atoms in total. The highest BCUT2D eigenvalue weighted by Gasteiger charge is 2.30. The van der Waals surface area contributed by atoms with Gasteiger partial charge in [0.1, 0.15) is 0 Å². The molecule has 2 heterocycles. The van der Waals surface area contributed by atoms with Gasteiger partial charge in [-0.3, -0.25) is 14.5 Å². The van der Waals surface area contributed by atoms with Crippen LogP contribution in [-0.2, 0) is 26.2 Å². The van der Waals surface area contributed by atoms with Crippen molar-refractivity contribution in [1.29, 1.82) is 0 Å². The van der Waals surface area contributed by atoms with Crippen molar-refractivity contribution in [2.45, 2.75) is 44.2 Å². The molecule has 1 aliphatic rings. The number of hydrogen-bond acceptors (Lipinski definition) is 6. The fraction of sp³-hybridized carbons (Fsp3) is 0.412. The first-order valence-electron chi connectivity index (χ1n) is 8.60. The Balaban J connectivity index is 1.77. The number of sulfonamides is 1. The Hall–Kier alpha value is -2.59.